The van der Waals surface area contributed by atoms with Gasteiger partial charge in [-0.3, -0.25) is 4.79 Å². The zero-order valence-corrected chi connectivity index (χ0v) is 23.1. The van der Waals surface area contributed by atoms with Crippen LogP contribution in [0.2, 0.25) is 0 Å². The van der Waals surface area contributed by atoms with Gasteiger partial charge in [0.15, 0.2) is 11.5 Å². The normalized spacial score (nSPS) is 17.5. The van der Waals surface area contributed by atoms with E-state index >= 15 is 0 Å². The first-order chi connectivity index (χ1) is 20.6. The molecule has 1 atom stereocenters. The Morgan fingerprint density at radius 2 is 1.88 bits per heavy atom. The molecule has 2 aliphatic rings. The summed E-state index contributed by atoms with van der Waals surface area (Å²) >= 11 is 0. The largest absolute Gasteiger partial charge is 0.443 e. The Hall–Kier alpha value is -4.84. The summed E-state index contributed by atoms with van der Waals surface area (Å²) in [6.07, 6.45) is 6.34. The van der Waals surface area contributed by atoms with Gasteiger partial charge in [0.1, 0.15) is 6.61 Å². The molecule has 6 rings (SSSR count). The van der Waals surface area contributed by atoms with Crippen LogP contribution in [0.4, 0.5) is 22.2 Å². The van der Waals surface area contributed by atoms with Gasteiger partial charge in [0.25, 0.3) is 5.91 Å². The number of carbonyl (C=O) groups is 2. The average molecular weight is 569 g/mol. The maximum absolute atomic E-state index is 12.8. The second-order valence-electron chi connectivity index (χ2n) is 10.2. The molecule has 216 valence electrons. The van der Waals surface area contributed by atoms with Gasteiger partial charge in [0.05, 0.1) is 13.2 Å². The van der Waals surface area contributed by atoms with Crippen LogP contribution in [0.15, 0.2) is 72.0 Å². The SMILES string of the molecule is O=C(/N=C/C1CCCN(c2nc(Nc3ccc(C(=O)N4CCOCC4)cc3)c3nccn3n2)C1)OCc1ccccc1. The molecule has 0 saturated carbocycles. The van der Waals surface area contributed by atoms with Gasteiger partial charge >= 0.3 is 6.09 Å². The number of nitrogens with one attached hydrogen (secondary N) is 1. The van der Waals surface area contributed by atoms with Crippen molar-refractivity contribution in [2.75, 3.05) is 49.6 Å². The molecule has 0 spiro atoms. The van der Waals surface area contributed by atoms with Crippen molar-refractivity contribution in [3.63, 3.8) is 0 Å². The summed E-state index contributed by atoms with van der Waals surface area (Å²) in [4.78, 5) is 42.2. The molecule has 4 aromatic rings. The predicted octanol–water partition coefficient (Wildman–Crippen LogP) is 3.96. The van der Waals surface area contributed by atoms with Crippen molar-refractivity contribution in [3.8, 4) is 0 Å². The molecule has 2 amide bonds. The third-order valence-electron chi connectivity index (χ3n) is 7.27. The second kappa shape index (κ2) is 12.8. The number of hydrogen-bond acceptors (Lipinski definition) is 9. The molecule has 2 fully saturated rings. The number of aromatic nitrogens is 4. The molecule has 1 unspecified atom stereocenters. The maximum atomic E-state index is 12.8. The van der Waals surface area contributed by atoms with E-state index in [1.165, 1.54) is 0 Å². The zero-order chi connectivity index (χ0) is 28.7. The van der Waals surface area contributed by atoms with E-state index in [0.717, 1.165) is 30.6 Å². The number of carbonyl (C=O) groups excluding carboxylic acids is 2. The number of piperidine rings is 1. The molecule has 42 heavy (non-hydrogen) atoms. The van der Waals surface area contributed by atoms with Crippen LogP contribution in [0.1, 0.15) is 28.8 Å². The molecule has 2 aromatic carbocycles. The van der Waals surface area contributed by atoms with Crippen LogP contribution in [0.3, 0.4) is 0 Å². The molecule has 0 aliphatic carbocycles. The summed E-state index contributed by atoms with van der Waals surface area (Å²) in [6, 6.07) is 16.9. The zero-order valence-electron chi connectivity index (χ0n) is 23.1. The Morgan fingerprint density at radius 3 is 2.69 bits per heavy atom. The van der Waals surface area contributed by atoms with E-state index in [-0.39, 0.29) is 18.4 Å². The van der Waals surface area contributed by atoms with Crippen molar-refractivity contribution >= 4 is 41.3 Å². The Labute approximate surface area is 243 Å². The van der Waals surface area contributed by atoms with Crippen LogP contribution in [-0.4, -0.2) is 82.1 Å². The topological polar surface area (TPSA) is 127 Å². The Bertz CT molecular complexity index is 1550. The van der Waals surface area contributed by atoms with E-state index in [9.17, 15) is 9.59 Å². The van der Waals surface area contributed by atoms with E-state index in [1.807, 2.05) is 54.6 Å². The fourth-order valence-corrected chi connectivity index (χ4v) is 5.05. The molecule has 12 nitrogen and oxygen atoms in total. The number of anilines is 3. The summed E-state index contributed by atoms with van der Waals surface area (Å²) in [5.74, 6) is 1.15. The minimum atomic E-state index is -0.601. The van der Waals surface area contributed by atoms with Crippen molar-refractivity contribution in [2.24, 2.45) is 10.9 Å². The third kappa shape index (κ3) is 6.55. The number of nitrogens with zero attached hydrogens (tertiary/aromatic N) is 7. The van der Waals surface area contributed by atoms with E-state index in [0.29, 0.717) is 55.8 Å². The summed E-state index contributed by atoms with van der Waals surface area (Å²) in [6.45, 7) is 3.91. The van der Waals surface area contributed by atoms with Crippen molar-refractivity contribution in [3.05, 3.63) is 78.1 Å². The summed E-state index contributed by atoms with van der Waals surface area (Å²) in [5, 5.41) is 8.02. The van der Waals surface area contributed by atoms with Crippen molar-refractivity contribution in [2.45, 2.75) is 19.4 Å². The predicted molar refractivity (Wildman–Crippen MR) is 157 cm³/mol. The lowest BCUT2D eigenvalue weighted by molar-refractivity contribution is 0.0303. The number of rotatable bonds is 7. The molecule has 1 N–H and O–H groups in total. The van der Waals surface area contributed by atoms with Crippen LogP contribution in [-0.2, 0) is 16.1 Å². The average Bonchev–Trinajstić information content (AvgIpc) is 3.53. The Morgan fingerprint density at radius 1 is 1.07 bits per heavy atom. The first-order valence-electron chi connectivity index (χ1n) is 14.1. The molecular weight excluding hydrogens is 536 g/mol. The smallest absolute Gasteiger partial charge is 0.433 e. The van der Waals surface area contributed by atoms with Gasteiger partial charge in [0.2, 0.25) is 5.95 Å². The molecule has 12 heteroatoms. The van der Waals surface area contributed by atoms with Crippen molar-refractivity contribution in [1.29, 1.82) is 0 Å². The van der Waals surface area contributed by atoms with E-state index in [2.05, 4.69) is 25.3 Å². The van der Waals surface area contributed by atoms with Gasteiger partial charge in [-0.05, 0) is 42.7 Å². The molecule has 2 aliphatic heterocycles. The highest BCUT2D eigenvalue weighted by Crippen LogP contribution is 2.25. The quantitative estimate of drug-likeness (QED) is 0.330. The number of ether oxygens (including phenoxy) is 2. The monoisotopic (exact) mass is 568 g/mol. The minimum Gasteiger partial charge on any atom is -0.443 e. The molecule has 2 aromatic heterocycles. The lowest BCUT2D eigenvalue weighted by atomic mass is 10.00. The van der Waals surface area contributed by atoms with E-state index < -0.39 is 6.09 Å². The highest BCUT2D eigenvalue weighted by atomic mass is 16.5. The minimum absolute atomic E-state index is 0.00234. The Kier molecular flexibility index (Phi) is 8.31. The fourth-order valence-electron chi connectivity index (χ4n) is 5.05. The first kappa shape index (κ1) is 27.3. The number of morpholine rings is 1. The summed E-state index contributed by atoms with van der Waals surface area (Å²) < 4.78 is 12.3. The number of fused-ring (bicyclic) bond motifs is 1. The van der Waals surface area contributed by atoms with Crippen LogP contribution in [0, 0.1) is 5.92 Å². The number of aliphatic imine (C=N–C) groups is 1. The maximum Gasteiger partial charge on any atom is 0.433 e. The van der Waals surface area contributed by atoms with Gasteiger partial charge in [0, 0.05) is 62.0 Å². The van der Waals surface area contributed by atoms with Crippen molar-refractivity contribution in [1.82, 2.24) is 24.5 Å². The fraction of sp³-hybridized carbons (Fsp3) is 0.333. The van der Waals surface area contributed by atoms with Crippen LogP contribution in [0.25, 0.3) is 5.65 Å². The number of benzene rings is 2. The van der Waals surface area contributed by atoms with Gasteiger partial charge in [-0.25, -0.2) is 14.3 Å². The molecule has 2 saturated heterocycles. The van der Waals surface area contributed by atoms with E-state index in [4.69, 9.17) is 14.5 Å². The molecule has 0 bridgehead atoms. The highest BCUT2D eigenvalue weighted by molar-refractivity contribution is 5.94. The van der Waals surface area contributed by atoms with Gasteiger partial charge in [-0.2, -0.15) is 9.98 Å². The van der Waals surface area contributed by atoms with Gasteiger partial charge in [-0.1, -0.05) is 30.3 Å². The van der Waals surface area contributed by atoms with Gasteiger partial charge in [-0.15, -0.1) is 5.10 Å². The lowest BCUT2D eigenvalue weighted by Gasteiger charge is -2.31. The third-order valence-corrected chi connectivity index (χ3v) is 7.27. The second-order valence-corrected chi connectivity index (χ2v) is 10.2. The van der Waals surface area contributed by atoms with Crippen LogP contribution in [0.5, 0.6) is 0 Å². The number of imidazole rings is 1. The van der Waals surface area contributed by atoms with Gasteiger partial charge < -0.3 is 24.6 Å². The lowest BCUT2D eigenvalue weighted by Crippen LogP contribution is -2.40. The van der Waals surface area contributed by atoms with Crippen LogP contribution >= 0.6 is 0 Å². The molecular formula is C30H32N8O4. The molecule has 4 heterocycles. The van der Waals surface area contributed by atoms with Crippen LogP contribution < -0.4 is 10.2 Å². The van der Waals surface area contributed by atoms with Crippen molar-refractivity contribution < 1.29 is 19.1 Å². The number of hydrogen-bond donors (Lipinski definition) is 1. The highest BCUT2D eigenvalue weighted by Gasteiger charge is 2.23. The number of amides is 2. The summed E-state index contributed by atoms with van der Waals surface area (Å²) in [5.41, 5.74) is 2.91. The molecule has 0 radical (unpaired) electrons. The standard InChI is InChI=1S/C30H32N8O4/c39-28(36-15-17-41-18-16-36)24-8-10-25(11-9-24)33-26-27-31-12-14-38(27)35-29(34-26)37-13-4-7-23(20-37)19-32-30(40)42-21-22-5-2-1-3-6-22/h1-3,5-6,8-12,14,19,23H,4,7,13,15-18,20-21H2,(H,33,34,35)/b32-19+. The Balaban J connectivity index is 1.11. The van der Waals surface area contributed by atoms with E-state index in [1.54, 1.807) is 28.0 Å². The summed E-state index contributed by atoms with van der Waals surface area (Å²) in [7, 11) is 0. The first-order valence-corrected chi connectivity index (χ1v) is 14.1.